The zero-order valence-corrected chi connectivity index (χ0v) is 17.4. The SMILES string of the molecule is O=C(NCCc1ccc(-n2cccn2)cc1)c1cccc(S(=O)(=O)N2CCCC2)c1. The van der Waals surface area contributed by atoms with Gasteiger partial charge in [0.05, 0.1) is 10.6 Å². The molecule has 1 aromatic heterocycles. The van der Waals surface area contributed by atoms with Crippen molar-refractivity contribution in [1.29, 1.82) is 0 Å². The van der Waals surface area contributed by atoms with E-state index in [1.807, 2.05) is 36.5 Å². The molecule has 0 aliphatic carbocycles. The van der Waals surface area contributed by atoms with E-state index in [1.165, 1.54) is 10.4 Å². The summed E-state index contributed by atoms with van der Waals surface area (Å²) in [6, 6.07) is 16.1. The lowest BCUT2D eigenvalue weighted by Gasteiger charge is -2.16. The fourth-order valence-electron chi connectivity index (χ4n) is 3.53. The van der Waals surface area contributed by atoms with Gasteiger partial charge in [0.2, 0.25) is 10.0 Å². The van der Waals surface area contributed by atoms with Crippen molar-refractivity contribution in [3.63, 3.8) is 0 Å². The van der Waals surface area contributed by atoms with Crippen LogP contribution >= 0.6 is 0 Å². The van der Waals surface area contributed by atoms with Crippen LogP contribution in [0.2, 0.25) is 0 Å². The van der Waals surface area contributed by atoms with Gasteiger partial charge in [-0.05, 0) is 61.2 Å². The Morgan fingerprint density at radius 2 is 1.80 bits per heavy atom. The van der Waals surface area contributed by atoms with Gasteiger partial charge in [0.1, 0.15) is 0 Å². The Morgan fingerprint density at radius 3 is 2.50 bits per heavy atom. The minimum atomic E-state index is -3.53. The Labute approximate surface area is 176 Å². The lowest BCUT2D eigenvalue weighted by molar-refractivity contribution is 0.0954. The number of aromatic nitrogens is 2. The van der Waals surface area contributed by atoms with Crippen LogP contribution in [0.4, 0.5) is 0 Å². The summed E-state index contributed by atoms with van der Waals surface area (Å²) in [5, 5.41) is 7.07. The number of carbonyl (C=O) groups is 1. The monoisotopic (exact) mass is 424 g/mol. The third kappa shape index (κ3) is 4.44. The molecule has 0 saturated carbocycles. The summed E-state index contributed by atoms with van der Waals surface area (Å²) in [7, 11) is -3.53. The van der Waals surface area contributed by atoms with Gasteiger partial charge in [-0.1, -0.05) is 18.2 Å². The van der Waals surface area contributed by atoms with E-state index in [1.54, 1.807) is 29.1 Å². The second-order valence-corrected chi connectivity index (χ2v) is 9.20. The summed E-state index contributed by atoms with van der Waals surface area (Å²) < 4.78 is 28.7. The fraction of sp³-hybridized carbons (Fsp3) is 0.273. The van der Waals surface area contributed by atoms with E-state index in [4.69, 9.17) is 0 Å². The van der Waals surface area contributed by atoms with Gasteiger partial charge >= 0.3 is 0 Å². The van der Waals surface area contributed by atoms with E-state index in [9.17, 15) is 13.2 Å². The molecule has 3 aromatic rings. The number of amides is 1. The quantitative estimate of drug-likeness (QED) is 0.632. The molecule has 1 saturated heterocycles. The van der Waals surface area contributed by atoms with Crippen LogP contribution < -0.4 is 5.32 Å². The van der Waals surface area contributed by atoms with E-state index < -0.39 is 10.0 Å². The van der Waals surface area contributed by atoms with Crippen molar-refractivity contribution in [2.24, 2.45) is 0 Å². The molecule has 30 heavy (non-hydrogen) atoms. The highest BCUT2D eigenvalue weighted by atomic mass is 32.2. The predicted molar refractivity (Wildman–Crippen MR) is 114 cm³/mol. The Balaban J connectivity index is 1.35. The van der Waals surface area contributed by atoms with Crippen LogP contribution in [0, 0.1) is 0 Å². The minimum Gasteiger partial charge on any atom is -0.352 e. The van der Waals surface area contributed by atoms with Crippen LogP contribution in [0.5, 0.6) is 0 Å². The van der Waals surface area contributed by atoms with Crippen LogP contribution in [-0.4, -0.2) is 48.0 Å². The second-order valence-electron chi connectivity index (χ2n) is 7.26. The molecule has 8 heteroatoms. The zero-order valence-electron chi connectivity index (χ0n) is 16.6. The maximum absolute atomic E-state index is 12.7. The number of rotatable bonds is 7. The van der Waals surface area contributed by atoms with Crippen molar-refractivity contribution in [2.45, 2.75) is 24.2 Å². The molecule has 4 rings (SSSR count). The number of benzene rings is 2. The van der Waals surface area contributed by atoms with Gasteiger partial charge in [0.15, 0.2) is 0 Å². The van der Waals surface area contributed by atoms with Crippen molar-refractivity contribution >= 4 is 15.9 Å². The Morgan fingerprint density at radius 1 is 1.03 bits per heavy atom. The van der Waals surface area contributed by atoms with E-state index in [2.05, 4.69) is 10.4 Å². The van der Waals surface area contributed by atoms with Gasteiger partial charge < -0.3 is 5.32 Å². The van der Waals surface area contributed by atoms with E-state index in [-0.39, 0.29) is 10.8 Å². The summed E-state index contributed by atoms with van der Waals surface area (Å²) in [5.74, 6) is -0.276. The number of hydrogen-bond donors (Lipinski definition) is 1. The predicted octanol–water partition coefficient (Wildman–Crippen LogP) is 2.63. The summed E-state index contributed by atoms with van der Waals surface area (Å²) >= 11 is 0. The van der Waals surface area contributed by atoms with E-state index >= 15 is 0 Å². The Bertz CT molecular complexity index is 1100. The normalized spacial score (nSPS) is 14.7. The fourth-order valence-corrected chi connectivity index (χ4v) is 5.10. The molecule has 7 nitrogen and oxygen atoms in total. The number of carbonyl (C=O) groups excluding carboxylic acids is 1. The third-order valence-electron chi connectivity index (χ3n) is 5.20. The lowest BCUT2D eigenvalue weighted by Crippen LogP contribution is -2.29. The van der Waals surface area contributed by atoms with Gasteiger partial charge in [-0.2, -0.15) is 9.40 Å². The first-order chi connectivity index (χ1) is 14.5. The molecule has 1 fully saturated rings. The molecule has 1 aliphatic rings. The first-order valence-electron chi connectivity index (χ1n) is 10.0. The molecule has 1 N–H and O–H groups in total. The third-order valence-corrected chi connectivity index (χ3v) is 7.10. The van der Waals surface area contributed by atoms with Gasteiger partial charge in [0.25, 0.3) is 5.91 Å². The van der Waals surface area contributed by atoms with Gasteiger partial charge in [-0.25, -0.2) is 13.1 Å². The molecule has 0 radical (unpaired) electrons. The smallest absolute Gasteiger partial charge is 0.251 e. The maximum atomic E-state index is 12.7. The van der Waals surface area contributed by atoms with Crippen LogP contribution in [0.3, 0.4) is 0 Å². The maximum Gasteiger partial charge on any atom is 0.251 e. The minimum absolute atomic E-state index is 0.172. The first kappa shape index (κ1) is 20.3. The van der Waals surface area contributed by atoms with Crippen molar-refractivity contribution in [3.8, 4) is 5.69 Å². The van der Waals surface area contributed by atoms with Gasteiger partial charge in [0, 0.05) is 37.6 Å². The first-order valence-corrected chi connectivity index (χ1v) is 11.5. The second kappa shape index (κ2) is 8.81. The molecular weight excluding hydrogens is 400 g/mol. The number of sulfonamides is 1. The number of nitrogens with zero attached hydrogens (tertiary/aromatic N) is 3. The van der Waals surface area contributed by atoms with Crippen LogP contribution in [0.25, 0.3) is 5.69 Å². The molecule has 0 atom stereocenters. The van der Waals surface area contributed by atoms with Crippen LogP contribution in [0.15, 0.2) is 71.9 Å². The topological polar surface area (TPSA) is 84.3 Å². The molecule has 0 spiro atoms. The molecular formula is C22H24N4O3S. The largest absolute Gasteiger partial charge is 0.352 e. The van der Waals surface area contributed by atoms with Gasteiger partial charge in [-0.15, -0.1) is 0 Å². The van der Waals surface area contributed by atoms with Crippen molar-refractivity contribution in [3.05, 3.63) is 78.1 Å². The Hall–Kier alpha value is -2.97. The summed E-state index contributed by atoms with van der Waals surface area (Å²) in [6.07, 6.45) is 6.05. The molecule has 2 heterocycles. The van der Waals surface area contributed by atoms with E-state index in [0.29, 0.717) is 31.6 Å². The highest BCUT2D eigenvalue weighted by Crippen LogP contribution is 2.21. The zero-order chi connectivity index (χ0) is 21.0. The van der Waals surface area contributed by atoms with Crippen molar-refractivity contribution in [2.75, 3.05) is 19.6 Å². The van der Waals surface area contributed by atoms with Crippen LogP contribution in [-0.2, 0) is 16.4 Å². The standard InChI is InChI=1S/C22H24N4O3S/c27-22(19-5-3-6-21(17-19)30(28,29)25-14-1-2-15-25)23-13-11-18-7-9-20(10-8-18)26-16-4-12-24-26/h3-10,12,16-17H,1-2,11,13-15H2,(H,23,27). The number of nitrogens with one attached hydrogen (secondary N) is 1. The highest BCUT2D eigenvalue weighted by molar-refractivity contribution is 7.89. The van der Waals surface area contributed by atoms with Crippen molar-refractivity contribution < 1.29 is 13.2 Å². The van der Waals surface area contributed by atoms with Crippen LogP contribution in [0.1, 0.15) is 28.8 Å². The van der Waals surface area contributed by atoms with Crippen molar-refractivity contribution in [1.82, 2.24) is 19.4 Å². The summed E-state index contributed by atoms with van der Waals surface area (Å²) in [6.45, 7) is 1.54. The molecule has 1 aliphatic heterocycles. The highest BCUT2D eigenvalue weighted by Gasteiger charge is 2.27. The lowest BCUT2D eigenvalue weighted by atomic mass is 10.1. The molecule has 156 valence electrons. The molecule has 0 bridgehead atoms. The van der Waals surface area contributed by atoms with Gasteiger partial charge in [-0.3, -0.25) is 4.79 Å². The average molecular weight is 425 g/mol. The average Bonchev–Trinajstić information content (AvgIpc) is 3.49. The summed E-state index contributed by atoms with van der Waals surface area (Å²) in [4.78, 5) is 12.7. The van der Waals surface area contributed by atoms with E-state index in [0.717, 1.165) is 24.1 Å². The molecule has 1 amide bonds. The molecule has 2 aromatic carbocycles. The molecule has 0 unspecified atom stereocenters. The summed E-state index contributed by atoms with van der Waals surface area (Å²) in [5.41, 5.74) is 2.42. The number of hydrogen-bond acceptors (Lipinski definition) is 4. The Kier molecular flexibility index (Phi) is 5.96.